The summed E-state index contributed by atoms with van der Waals surface area (Å²) in [5.41, 5.74) is 0.861. The van der Waals surface area contributed by atoms with Crippen molar-refractivity contribution in [1.29, 1.82) is 0 Å². The van der Waals surface area contributed by atoms with Gasteiger partial charge in [-0.2, -0.15) is 4.31 Å². The molecule has 1 aromatic carbocycles. The fraction of sp³-hybridized carbons (Fsp3) is 0.609. The SMILES string of the molecule is CCOC(=O)C1CCCN(C(=O)CN(C)C(=O)c2cc(S(=O)(=O)N(CC)CC)ccc2C)C1. The zero-order chi connectivity index (χ0) is 24.8. The summed E-state index contributed by atoms with van der Waals surface area (Å²) in [6, 6.07) is 4.48. The van der Waals surface area contributed by atoms with Gasteiger partial charge in [0.1, 0.15) is 0 Å². The molecule has 0 aromatic heterocycles. The lowest BCUT2D eigenvalue weighted by atomic mass is 9.98. The Kier molecular flexibility index (Phi) is 9.42. The number of aryl methyl sites for hydroxylation is 1. The molecule has 10 heteroatoms. The molecule has 1 atom stereocenters. The van der Waals surface area contributed by atoms with Gasteiger partial charge in [0, 0.05) is 38.8 Å². The molecular weight excluding hydrogens is 446 g/mol. The van der Waals surface area contributed by atoms with Crippen molar-refractivity contribution in [3.8, 4) is 0 Å². The normalized spacial score (nSPS) is 16.5. The first-order valence-electron chi connectivity index (χ1n) is 11.4. The quantitative estimate of drug-likeness (QED) is 0.499. The van der Waals surface area contributed by atoms with Crippen molar-refractivity contribution in [3.63, 3.8) is 0 Å². The highest BCUT2D eigenvalue weighted by molar-refractivity contribution is 7.89. The fourth-order valence-corrected chi connectivity index (χ4v) is 5.43. The highest BCUT2D eigenvalue weighted by atomic mass is 32.2. The molecule has 33 heavy (non-hydrogen) atoms. The summed E-state index contributed by atoms with van der Waals surface area (Å²) in [4.78, 5) is 40.9. The first-order valence-corrected chi connectivity index (χ1v) is 12.8. The number of hydrogen-bond donors (Lipinski definition) is 0. The zero-order valence-electron chi connectivity index (χ0n) is 20.2. The summed E-state index contributed by atoms with van der Waals surface area (Å²) < 4.78 is 32.1. The predicted octanol–water partition coefficient (Wildman–Crippen LogP) is 1.90. The Morgan fingerprint density at radius 3 is 2.42 bits per heavy atom. The minimum absolute atomic E-state index is 0.0492. The lowest BCUT2D eigenvalue weighted by Crippen LogP contribution is -2.47. The van der Waals surface area contributed by atoms with Crippen LogP contribution in [0.5, 0.6) is 0 Å². The van der Waals surface area contributed by atoms with Crippen LogP contribution < -0.4 is 0 Å². The van der Waals surface area contributed by atoms with Gasteiger partial charge in [0.25, 0.3) is 5.91 Å². The lowest BCUT2D eigenvalue weighted by Gasteiger charge is -2.32. The first kappa shape index (κ1) is 26.8. The molecule has 0 bridgehead atoms. The van der Waals surface area contributed by atoms with E-state index in [0.29, 0.717) is 44.6 Å². The van der Waals surface area contributed by atoms with E-state index in [-0.39, 0.29) is 41.3 Å². The van der Waals surface area contributed by atoms with Gasteiger partial charge in [0.05, 0.1) is 24.0 Å². The molecule has 0 N–H and O–H groups in total. The van der Waals surface area contributed by atoms with Crippen LogP contribution in [0.4, 0.5) is 0 Å². The number of rotatable bonds is 9. The summed E-state index contributed by atoms with van der Waals surface area (Å²) >= 11 is 0. The molecule has 184 valence electrons. The molecule has 0 spiro atoms. The Balaban J connectivity index is 2.15. The van der Waals surface area contributed by atoms with Crippen molar-refractivity contribution in [1.82, 2.24) is 14.1 Å². The molecule has 2 amide bonds. The number of sulfonamides is 1. The van der Waals surface area contributed by atoms with Gasteiger partial charge in [-0.3, -0.25) is 14.4 Å². The van der Waals surface area contributed by atoms with E-state index in [0.717, 1.165) is 0 Å². The van der Waals surface area contributed by atoms with Crippen LogP contribution in [0.3, 0.4) is 0 Å². The Hall–Kier alpha value is -2.46. The molecule has 0 saturated carbocycles. The van der Waals surface area contributed by atoms with Crippen molar-refractivity contribution >= 4 is 27.8 Å². The van der Waals surface area contributed by atoms with Gasteiger partial charge in [-0.1, -0.05) is 19.9 Å². The number of esters is 1. The molecule has 1 heterocycles. The van der Waals surface area contributed by atoms with Crippen LogP contribution >= 0.6 is 0 Å². The van der Waals surface area contributed by atoms with Crippen molar-refractivity contribution in [2.75, 3.05) is 46.4 Å². The summed E-state index contributed by atoms with van der Waals surface area (Å²) in [5, 5.41) is 0. The van der Waals surface area contributed by atoms with Gasteiger partial charge in [-0.05, 0) is 44.4 Å². The highest BCUT2D eigenvalue weighted by Crippen LogP contribution is 2.21. The van der Waals surface area contributed by atoms with Gasteiger partial charge in [0.2, 0.25) is 15.9 Å². The van der Waals surface area contributed by atoms with E-state index < -0.39 is 15.9 Å². The van der Waals surface area contributed by atoms with Crippen LogP contribution in [0.15, 0.2) is 23.1 Å². The predicted molar refractivity (Wildman–Crippen MR) is 124 cm³/mol. The van der Waals surface area contributed by atoms with Crippen molar-refractivity contribution in [2.45, 2.75) is 45.4 Å². The molecule has 1 saturated heterocycles. The van der Waals surface area contributed by atoms with E-state index in [4.69, 9.17) is 4.74 Å². The molecular formula is C23H35N3O6S. The lowest BCUT2D eigenvalue weighted by molar-refractivity contribution is -0.151. The van der Waals surface area contributed by atoms with E-state index in [1.165, 1.54) is 28.4 Å². The fourth-order valence-electron chi connectivity index (χ4n) is 3.94. The molecule has 1 aliphatic rings. The summed E-state index contributed by atoms with van der Waals surface area (Å²) in [5.74, 6) is -1.35. The average Bonchev–Trinajstić information content (AvgIpc) is 2.79. The topological polar surface area (TPSA) is 104 Å². The second-order valence-corrected chi connectivity index (χ2v) is 10.1. The maximum absolute atomic E-state index is 13.1. The van der Waals surface area contributed by atoms with E-state index in [2.05, 4.69) is 0 Å². The van der Waals surface area contributed by atoms with Crippen LogP contribution in [0.2, 0.25) is 0 Å². The van der Waals surface area contributed by atoms with Crippen LogP contribution in [-0.2, 0) is 24.3 Å². The number of piperidine rings is 1. The van der Waals surface area contributed by atoms with Gasteiger partial charge < -0.3 is 14.5 Å². The van der Waals surface area contributed by atoms with Gasteiger partial charge in [0.15, 0.2) is 0 Å². The number of carbonyl (C=O) groups excluding carboxylic acids is 3. The number of likely N-dealkylation sites (tertiary alicyclic amines) is 1. The third-order valence-corrected chi connectivity index (χ3v) is 7.94. The summed E-state index contributed by atoms with van der Waals surface area (Å²) in [6.07, 6.45) is 1.36. The Morgan fingerprint density at radius 1 is 1.15 bits per heavy atom. The zero-order valence-corrected chi connectivity index (χ0v) is 21.0. The second kappa shape index (κ2) is 11.6. The Bertz CT molecular complexity index is 974. The molecule has 1 aliphatic heterocycles. The minimum atomic E-state index is -3.72. The number of carbonyl (C=O) groups is 3. The number of hydrogen-bond acceptors (Lipinski definition) is 6. The van der Waals surface area contributed by atoms with Gasteiger partial charge in [-0.15, -0.1) is 0 Å². The van der Waals surface area contributed by atoms with E-state index in [1.54, 1.807) is 38.7 Å². The highest BCUT2D eigenvalue weighted by Gasteiger charge is 2.31. The Morgan fingerprint density at radius 2 is 1.82 bits per heavy atom. The number of amides is 2. The number of benzene rings is 1. The number of nitrogens with zero attached hydrogens (tertiary/aromatic N) is 3. The van der Waals surface area contributed by atoms with E-state index in [1.807, 2.05) is 0 Å². The van der Waals surface area contributed by atoms with E-state index >= 15 is 0 Å². The second-order valence-electron chi connectivity index (χ2n) is 8.16. The summed E-state index contributed by atoms with van der Waals surface area (Å²) in [6.45, 7) is 8.56. The number of ether oxygens (including phenoxy) is 1. The molecule has 9 nitrogen and oxygen atoms in total. The molecule has 2 rings (SSSR count). The molecule has 1 unspecified atom stereocenters. The van der Waals surface area contributed by atoms with Crippen LogP contribution in [-0.4, -0.2) is 86.7 Å². The van der Waals surface area contributed by atoms with Crippen LogP contribution in [0.25, 0.3) is 0 Å². The maximum atomic E-state index is 13.1. The molecule has 1 fully saturated rings. The minimum Gasteiger partial charge on any atom is -0.466 e. The van der Waals surface area contributed by atoms with E-state index in [9.17, 15) is 22.8 Å². The third kappa shape index (κ3) is 6.32. The largest absolute Gasteiger partial charge is 0.466 e. The average molecular weight is 482 g/mol. The first-order chi connectivity index (χ1) is 15.6. The molecule has 0 radical (unpaired) electrons. The smallest absolute Gasteiger partial charge is 0.310 e. The van der Waals surface area contributed by atoms with Crippen molar-refractivity contribution in [2.24, 2.45) is 5.92 Å². The number of likely N-dealkylation sites (N-methyl/N-ethyl adjacent to an activating group) is 1. The summed E-state index contributed by atoms with van der Waals surface area (Å²) in [7, 11) is -2.20. The van der Waals surface area contributed by atoms with Gasteiger partial charge in [-0.25, -0.2) is 8.42 Å². The van der Waals surface area contributed by atoms with Gasteiger partial charge >= 0.3 is 5.97 Å². The van der Waals surface area contributed by atoms with Crippen molar-refractivity contribution < 1.29 is 27.5 Å². The monoisotopic (exact) mass is 481 g/mol. The van der Waals surface area contributed by atoms with Crippen LogP contribution in [0.1, 0.15) is 49.5 Å². The van der Waals surface area contributed by atoms with Crippen molar-refractivity contribution in [3.05, 3.63) is 29.3 Å². The Labute approximate surface area is 196 Å². The maximum Gasteiger partial charge on any atom is 0.310 e. The molecule has 1 aromatic rings. The standard InChI is InChI=1S/C23H35N3O6S/c1-6-26(7-2)33(30,31)19-12-11-17(4)20(14-19)22(28)24(5)16-21(27)25-13-9-10-18(15-25)23(29)32-8-3/h11-12,14,18H,6-10,13,15-16H2,1-5H3. The third-order valence-electron chi connectivity index (χ3n) is 5.90. The van der Waals surface area contributed by atoms with Crippen LogP contribution in [0, 0.1) is 12.8 Å². The molecule has 0 aliphatic carbocycles.